The molecular formula is C20H20ClN3O. The first kappa shape index (κ1) is 17.2. The summed E-state index contributed by atoms with van der Waals surface area (Å²) in [5.74, 6) is -0.0728. The number of hydrogen-bond acceptors (Lipinski definition) is 2. The van der Waals surface area contributed by atoms with Gasteiger partial charge in [-0.15, -0.1) is 0 Å². The van der Waals surface area contributed by atoms with Crippen LogP contribution in [0, 0.1) is 13.8 Å². The van der Waals surface area contributed by atoms with Gasteiger partial charge in [0.15, 0.2) is 0 Å². The highest BCUT2D eigenvalue weighted by atomic mass is 35.5. The van der Waals surface area contributed by atoms with Gasteiger partial charge in [-0.2, -0.15) is 5.10 Å². The van der Waals surface area contributed by atoms with Crippen LogP contribution in [0.2, 0.25) is 5.02 Å². The third-order valence-corrected chi connectivity index (χ3v) is 4.57. The molecule has 1 heterocycles. The third-order valence-electron chi connectivity index (χ3n) is 4.20. The molecule has 0 saturated carbocycles. The molecule has 0 fully saturated rings. The van der Waals surface area contributed by atoms with Crippen molar-refractivity contribution in [2.24, 2.45) is 0 Å². The van der Waals surface area contributed by atoms with Crippen molar-refractivity contribution in [3.8, 4) is 5.69 Å². The standard InChI is InChI=1S/C20H20ClN3O/c1-14-7-6-9-17(11-14)24-15(2)18(12-22-24)20(25)23(3)13-16-8-4-5-10-19(16)21/h4-12H,13H2,1-3H3. The van der Waals surface area contributed by atoms with Crippen molar-refractivity contribution in [1.29, 1.82) is 0 Å². The van der Waals surface area contributed by atoms with Crippen molar-refractivity contribution in [3.63, 3.8) is 0 Å². The molecule has 0 aliphatic heterocycles. The monoisotopic (exact) mass is 353 g/mol. The van der Waals surface area contributed by atoms with Crippen molar-refractivity contribution in [1.82, 2.24) is 14.7 Å². The molecule has 0 spiro atoms. The molecule has 1 amide bonds. The van der Waals surface area contributed by atoms with Crippen LogP contribution in [-0.2, 0) is 6.54 Å². The summed E-state index contributed by atoms with van der Waals surface area (Å²) in [7, 11) is 1.77. The highest BCUT2D eigenvalue weighted by Crippen LogP contribution is 2.20. The van der Waals surface area contributed by atoms with E-state index in [9.17, 15) is 4.79 Å². The molecule has 0 radical (unpaired) electrons. The van der Waals surface area contributed by atoms with Gasteiger partial charge in [0.05, 0.1) is 23.1 Å². The summed E-state index contributed by atoms with van der Waals surface area (Å²) in [5.41, 5.74) is 4.43. The number of amides is 1. The molecule has 3 aromatic rings. The van der Waals surface area contributed by atoms with E-state index in [-0.39, 0.29) is 5.91 Å². The van der Waals surface area contributed by atoms with Gasteiger partial charge in [-0.25, -0.2) is 4.68 Å². The third kappa shape index (κ3) is 3.59. The Balaban J connectivity index is 1.84. The van der Waals surface area contributed by atoms with Gasteiger partial charge in [-0.05, 0) is 43.2 Å². The topological polar surface area (TPSA) is 38.1 Å². The molecule has 5 heteroatoms. The predicted octanol–water partition coefficient (Wildman–Crippen LogP) is 4.41. The van der Waals surface area contributed by atoms with E-state index < -0.39 is 0 Å². The molecule has 0 atom stereocenters. The Hall–Kier alpha value is -2.59. The van der Waals surface area contributed by atoms with Crippen LogP contribution in [0.1, 0.15) is 27.2 Å². The molecular weight excluding hydrogens is 334 g/mol. The summed E-state index contributed by atoms with van der Waals surface area (Å²) in [4.78, 5) is 14.5. The first-order chi connectivity index (χ1) is 12.0. The number of benzene rings is 2. The Morgan fingerprint density at radius 1 is 1.16 bits per heavy atom. The SMILES string of the molecule is Cc1cccc(-n2ncc(C(=O)N(C)Cc3ccccc3Cl)c2C)c1. The molecule has 0 unspecified atom stereocenters. The minimum absolute atomic E-state index is 0.0728. The Morgan fingerprint density at radius 3 is 2.64 bits per heavy atom. The second-order valence-electron chi connectivity index (χ2n) is 6.15. The minimum Gasteiger partial charge on any atom is -0.337 e. The number of hydrogen-bond donors (Lipinski definition) is 0. The lowest BCUT2D eigenvalue weighted by Crippen LogP contribution is -2.26. The normalized spacial score (nSPS) is 10.7. The number of halogens is 1. The second-order valence-corrected chi connectivity index (χ2v) is 6.55. The Labute approximate surface area is 152 Å². The van der Waals surface area contributed by atoms with E-state index in [4.69, 9.17) is 11.6 Å². The van der Waals surface area contributed by atoms with Gasteiger partial charge < -0.3 is 4.90 Å². The van der Waals surface area contributed by atoms with Crippen molar-refractivity contribution in [2.75, 3.05) is 7.05 Å². The second kappa shape index (κ2) is 7.11. The van der Waals surface area contributed by atoms with Crippen molar-refractivity contribution >= 4 is 17.5 Å². The van der Waals surface area contributed by atoms with Crippen LogP contribution in [0.4, 0.5) is 0 Å². The molecule has 0 aliphatic rings. The molecule has 4 nitrogen and oxygen atoms in total. The fourth-order valence-electron chi connectivity index (χ4n) is 2.80. The van der Waals surface area contributed by atoms with Gasteiger partial charge >= 0.3 is 0 Å². The molecule has 0 saturated heterocycles. The number of carbonyl (C=O) groups is 1. The van der Waals surface area contributed by atoms with Crippen LogP contribution in [0.3, 0.4) is 0 Å². The van der Waals surface area contributed by atoms with Gasteiger partial charge in [0.2, 0.25) is 0 Å². The highest BCUT2D eigenvalue weighted by Gasteiger charge is 2.19. The lowest BCUT2D eigenvalue weighted by molar-refractivity contribution is 0.0784. The summed E-state index contributed by atoms with van der Waals surface area (Å²) < 4.78 is 1.80. The molecule has 128 valence electrons. The summed E-state index contributed by atoms with van der Waals surface area (Å²) in [5, 5.41) is 5.06. The summed E-state index contributed by atoms with van der Waals surface area (Å²) >= 11 is 6.19. The van der Waals surface area contributed by atoms with Crippen LogP contribution >= 0.6 is 11.6 Å². The Kier molecular flexibility index (Phi) is 4.91. The lowest BCUT2D eigenvalue weighted by Gasteiger charge is -2.18. The van der Waals surface area contributed by atoms with E-state index >= 15 is 0 Å². The van der Waals surface area contributed by atoms with Crippen LogP contribution in [-0.4, -0.2) is 27.6 Å². The van der Waals surface area contributed by atoms with E-state index in [2.05, 4.69) is 5.10 Å². The van der Waals surface area contributed by atoms with Crippen molar-refractivity contribution in [3.05, 3.63) is 82.1 Å². The van der Waals surface area contributed by atoms with Crippen LogP contribution < -0.4 is 0 Å². The quantitative estimate of drug-likeness (QED) is 0.696. The van der Waals surface area contributed by atoms with Crippen LogP contribution in [0.5, 0.6) is 0 Å². The molecule has 25 heavy (non-hydrogen) atoms. The Morgan fingerprint density at radius 2 is 1.92 bits per heavy atom. The van der Waals surface area contributed by atoms with Gasteiger partial charge in [0.25, 0.3) is 5.91 Å². The molecule has 2 aromatic carbocycles. The van der Waals surface area contributed by atoms with E-state index in [1.807, 2.05) is 62.4 Å². The van der Waals surface area contributed by atoms with E-state index in [0.717, 1.165) is 22.5 Å². The largest absolute Gasteiger partial charge is 0.337 e. The zero-order valence-corrected chi connectivity index (χ0v) is 15.3. The fourth-order valence-corrected chi connectivity index (χ4v) is 2.99. The number of aryl methyl sites for hydroxylation is 1. The molecule has 1 aromatic heterocycles. The molecule has 0 N–H and O–H groups in total. The van der Waals surface area contributed by atoms with Gasteiger partial charge in [-0.1, -0.05) is 41.9 Å². The van der Waals surface area contributed by atoms with Crippen molar-refractivity contribution in [2.45, 2.75) is 20.4 Å². The van der Waals surface area contributed by atoms with E-state index in [1.54, 1.807) is 22.8 Å². The van der Waals surface area contributed by atoms with Gasteiger partial charge in [0, 0.05) is 18.6 Å². The van der Waals surface area contributed by atoms with E-state index in [0.29, 0.717) is 17.1 Å². The summed E-state index contributed by atoms with van der Waals surface area (Å²) in [6.45, 7) is 4.39. The maximum atomic E-state index is 12.8. The molecule has 0 bridgehead atoms. The summed E-state index contributed by atoms with van der Waals surface area (Å²) in [6.07, 6.45) is 1.63. The zero-order chi connectivity index (χ0) is 18.0. The first-order valence-electron chi connectivity index (χ1n) is 8.08. The van der Waals surface area contributed by atoms with Crippen LogP contribution in [0.25, 0.3) is 5.69 Å². The average Bonchev–Trinajstić information content (AvgIpc) is 2.97. The number of rotatable bonds is 4. The van der Waals surface area contributed by atoms with Crippen LogP contribution in [0.15, 0.2) is 54.7 Å². The molecule has 3 rings (SSSR count). The van der Waals surface area contributed by atoms with E-state index in [1.165, 1.54) is 0 Å². The first-order valence-corrected chi connectivity index (χ1v) is 8.45. The van der Waals surface area contributed by atoms with Crippen molar-refractivity contribution < 1.29 is 4.79 Å². The summed E-state index contributed by atoms with van der Waals surface area (Å²) in [6, 6.07) is 15.6. The maximum Gasteiger partial charge on any atom is 0.257 e. The average molecular weight is 354 g/mol. The number of aromatic nitrogens is 2. The van der Waals surface area contributed by atoms with Gasteiger partial charge in [-0.3, -0.25) is 4.79 Å². The molecule has 0 aliphatic carbocycles. The predicted molar refractivity (Wildman–Crippen MR) is 100 cm³/mol. The zero-order valence-electron chi connectivity index (χ0n) is 14.5. The lowest BCUT2D eigenvalue weighted by atomic mass is 10.2. The minimum atomic E-state index is -0.0728. The maximum absolute atomic E-state index is 12.8. The highest BCUT2D eigenvalue weighted by molar-refractivity contribution is 6.31. The smallest absolute Gasteiger partial charge is 0.257 e. The Bertz CT molecular complexity index is 917. The van der Waals surface area contributed by atoms with Gasteiger partial charge in [0.1, 0.15) is 0 Å². The number of nitrogens with zero attached hydrogens (tertiary/aromatic N) is 3. The number of carbonyl (C=O) groups excluding carboxylic acids is 1. The fraction of sp³-hybridized carbons (Fsp3) is 0.200.